The Kier molecular flexibility index (Phi) is 8.06. The van der Waals surface area contributed by atoms with Gasteiger partial charge < -0.3 is 25.2 Å². The van der Waals surface area contributed by atoms with E-state index in [2.05, 4.69) is 16.0 Å². The van der Waals surface area contributed by atoms with Gasteiger partial charge in [-0.3, -0.25) is 5.32 Å². The van der Waals surface area contributed by atoms with Crippen LogP contribution in [0, 0.1) is 0 Å². The van der Waals surface area contributed by atoms with E-state index in [0.717, 1.165) is 0 Å². The van der Waals surface area contributed by atoms with Crippen molar-refractivity contribution in [3.05, 3.63) is 53.6 Å². The number of ether oxygens (including phenoxy) is 2. The van der Waals surface area contributed by atoms with Crippen LogP contribution in [0.5, 0.6) is 11.5 Å². The van der Waals surface area contributed by atoms with Crippen LogP contribution in [0.25, 0.3) is 0 Å². The molecule has 32 heavy (non-hydrogen) atoms. The van der Waals surface area contributed by atoms with E-state index < -0.39 is 17.7 Å². The lowest BCUT2D eigenvalue weighted by Crippen LogP contribution is -2.39. The summed E-state index contributed by atoms with van der Waals surface area (Å²) < 4.78 is 10.9. The molecule has 2 aromatic rings. The van der Waals surface area contributed by atoms with Crippen LogP contribution in [0.3, 0.4) is 0 Å². The molecular weight excluding hydrogens is 414 g/mol. The minimum Gasteiger partial charge on any atom is -0.478 e. The van der Waals surface area contributed by atoms with Crippen LogP contribution in [0.4, 0.5) is 15.3 Å². The molecular formula is C23H29N3O6. The number of carbonyl (C=O) groups is 3. The normalized spacial score (nSPS) is 10.9. The molecule has 3 amide bonds. The molecule has 0 atom stereocenters. The Morgan fingerprint density at radius 1 is 1.03 bits per heavy atom. The molecule has 0 saturated carbocycles. The highest BCUT2D eigenvalue weighted by atomic mass is 16.6. The average Bonchev–Trinajstić information content (AvgIpc) is 2.66. The summed E-state index contributed by atoms with van der Waals surface area (Å²) in [6, 6.07) is 10.8. The van der Waals surface area contributed by atoms with Gasteiger partial charge in [0.25, 0.3) is 0 Å². The predicted molar refractivity (Wildman–Crippen MR) is 120 cm³/mol. The summed E-state index contributed by atoms with van der Waals surface area (Å²) in [5, 5.41) is 17.5. The smallest absolute Gasteiger partial charge is 0.412 e. The third kappa shape index (κ3) is 8.17. The fourth-order valence-electron chi connectivity index (χ4n) is 2.59. The van der Waals surface area contributed by atoms with E-state index >= 15 is 0 Å². The maximum atomic E-state index is 11.8. The van der Waals surface area contributed by atoms with Gasteiger partial charge in [0, 0.05) is 18.3 Å². The number of anilines is 1. The van der Waals surface area contributed by atoms with Crippen molar-refractivity contribution in [3.8, 4) is 11.5 Å². The van der Waals surface area contributed by atoms with Crippen LogP contribution in [-0.2, 0) is 11.3 Å². The summed E-state index contributed by atoms with van der Waals surface area (Å²) in [4.78, 5) is 35.3. The topological polar surface area (TPSA) is 126 Å². The zero-order chi connectivity index (χ0) is 23.9. The third-order valence-corrected chi connectivity index (χ3v) is 3.87. The number of hydrogen-bond acceptors (Lipinski definition) is 5. The number of carbonyl (C=O) groups excluding carboxylic acids is 2. The Morgan fingerprint density at radius 3 is 2.25 bits per heavy atom. The second-order valence-corrected chi connectivity index (χ2v) is 8.37. The molecule has 0 unspecified atom stereocenters. The molecule has 0 aliphatic rings. The average molecular weight is 444 g/mol. The van der Waals surface area contributed by atoms with Crippen molar-refractivity contribution in [3.63, 3.8) is 0 Å². The molecule has 0 radical (unpaired) electrons. The zero-order valence-electron chi connectivity index (χ0n) is 18.8. The molecule has 4 N–H and O–H groups in total. The largest absolute Gasteiger partial charge is 0.478 e. The number of urea groups is 1. The molecule has 0 aliphatic carbocycles. The van der Waals surface area contributed by atoms with Gasteiger partial charge in [-0.25, -0.2) is 14.4 Å². The van der Waals surface area contributed by atoms with E-state index in [4.69, 9.17) is 9.47 Å². The van der Waals surface area contributed by atoms with Crippen LogP contribution in [0.2, 0.25) is 0 Å². The summed E-state index contributed by atoms with van der Waals surface area (Å²) in [5.41, 5.74) is 0.474. The molecule has 0 spiro atoms. The number of nitrogens with one attached hydrogen (secondary N) is 3. The number of aromatic carboxylic acids is 1. The lowest BCUT2D eigenvalue weighted by atomic mass is 10.1. The highest BCUT2D eigenvalue weighted by Crippen LogP contribution is 2.27. The first kappa shape index (κ1) is 24.5. The van der Waals surface area contributed by atoms with Crippen molar-refractivity contribution >= 4 is 23.8 Å². The standard InChI is InChI=1S/C23H29N3O6/c1-14(2)25-21(29)24-13-15-6-11-19(18(12-15)20(27)28)31-17-9-7-16(8-10-17)26-22(30)32-23(3,4)5/h6-12,14H,13H2,1-5H3,(H,26,30)(H,27,28)(H2,24,25,29). The fourth-order valence-corrected chi connectivity index (χ4v) is 2.59. The summed E-state index contributed by atoms with van der Waals surface area (Å²) >= 11 is 0. The van der Waals surface area contributed by atoms with E-state index in [0.29, 0.717) is 17.0 Å². The molecule has 0 fully saturated rings. The van der Waals surface area contributed by atoms with E-state index in [1.807, 2.05) is 13.8 Å². The minimum atomic E-state index is -1.16. The van der Waals surface area contributed by atoms with Gasteiger partial charge >= 0.3 is 18.1 Å². The van der Waals surface area contributed by atoms with Gasteiger partial charge in [-0.1, -0.05) is 6.07 Å². The number of carboxylic acid groups (broad SMARTS) is 1. The van der Waals surface area contributed by atoms with Gasteiger partial charge in [0.15, 0.2) is 0 Å². The molecule has 0 aromatic heterocycles. The van der Waals surface area contributed by atoms with Crippen LogP contribution in [-0.4, -0.2) is 34.8 Å². The van der Waals surface area contributed by atoms with Gasteiger partial charge in [-0.15, -0.1) is 0 Å². The number of carboxylic acids is 1. The molecule has 2 aromatic carbocycles. The van der Waals surface area contributed by atoms with Crippen molar-refractivity contribution in [1.82, 2.24) is 10.6 Å². The van der Waals surface area contributed by atoms with E-state index in [-0.39, 0.29) is 29.9 Å². The van der Waals surface area contributed by atoms with Crippen LogP contribution < -0.4 is 20.7 Å². The quantitative estimate of drug-likeness (QED) is 0.490. The van der Waals surface area contributed by atoms with Crippen LogP contribution in [0.1, 0.15) is 50.5 Å². The summed E-state index contributed by atoms with van der Waals surface area (Å²) in [7, 11) is 0. The Labute approximate surface area is 187 Å². The van der Waals surface area contributed by atoms with E-state index in [9.17, 15) is 19.5 Å². The third-order valence-electron chi connectivity index (χ3n) is 3.87. The maximum Gasteiger partial charge on any atom is 0.412 e. The molecule has 172 valence electrons. The second-order valence-electron chi connectivity index (χ2n) is 8.37. The Balaban J connectivity index is 2.06. The van der Waals surface area contributed by atoms with Gasteiger partial charge in [0.1, 0.15) is 22.7 Å². The van der Waals surface area contributed by atoms with Crippen molar-refractivity contribution in [2.45, 2.75) is 52.8 Å². The predicted octanol–water partition coefficient (Wildman–Crippen LogP) is 4.73. The molecule has 2 rings (SSSR count). The lowest BCUT2D eigenvalue weighted by Gasteiger charge is -2.19. The number of rotatable bonds is 7. The fraction of sp³-hybridized carbons (Fsp3) is 0.348. The monoisotopic (exact) mass is 443 g/mol. The minimum absolute atomic E-state index is 0.00826. The number of amides is 3. The Bertz CT molecular complexity index is 965. The summed E-state index contributed by atoms with van der Waals surface area (Å²) in [6.45, 7) is 9.16. The highest BCUT2D eigenvalue weighted by molar-refractivity contribution is 5.91. The molecule has 0 aliphatic heterocycles. The summed E-state index contributed by atoms with van der Waals surface area (Å²) in [5.74, 6) is -0.609. The van der Waals surface area contributed by atoms with Crippen LogP contribution >= 0.6 is 0 Å². The van der Waals surface area contributed by atoms with E-state index in [1.54, 1.807) is 51.1 Å². The highest BCUT2D eigenvalue weighted by Gasteiger charge is 2.17. The van der Waals surface area contributed by atoms with Crippen molar-refractivity contribution in [2.24, 2.45) is 0 Å². The zero-order valence-corrected chi connectivity index (χ0v) is 18.8. The first-order valence-corrected chi connectivity index (χ1v) is 10.1. The summed E-state index contributed by atoms with van der Waals surface area (Å²) in [6.07, 6.45) is -0.578. The SMILES string of the molecule is CC(C)NC(=O)NCc1ccc(Oc2ccc(NC(=O)OC(C)(C)C)cc2)c(C(=O)O)c1. The van der Waals surface area contributed by atoms with Crippen molar-refractivity contribution in [2.75, 3.05) is 5.32 Å². The van der Waals surface area contributed by atoms with Gasteiger partial charge in [-0.05, 0) is 76.6 Å². The molecule has 0 bridgehead atoms. The van der Waals surface area contributed by atoms with Crippen molar-refractivity contribution < 1.29 is 29.0 Å². The van der Waals surface area contributed by atoms with Crippen molar-refractivity contribution in [1.29, 1.82) is 0 Å². The van der Waals surface area contributed by atoms with Gasteiger partial charge in [0.2, 0.25) is 0 Å². The Morgan fingerprint density at radius 2 is 1.69 bits per heavy atom. The molecule has 9 nitrogen and oxygen atoms in total. The van der Waals surface area contributed by atoms with Gasteiger partial charge in [0.05, 0.1) is 0 Å². The first-order valence-electron chi connectivity index (χ1n) is 10.1. The molecule has 0 saturated heterocycles. The van der Waals surface area contributed by atoms with Crippen LogP contribution in [0.15, 0.2) is 42.5 Å². The maximum absolute atomic E-state index is 11.8. The number of benzene rings is 2. The lowest BCUT2D eigenvalue weighted by molar-refractivity contribution is 0.0633. The first-order chi connectivity index (χ1) is 14.9. The van der Waals surface area contributed by atoms with E-state index in [1.165, 1.54) is 12.1 Å². The number of hydrogen-bond donors (Lipinski definition) is 4. The molecule has 9 heteroatoms. The second kappa shape index (κ2) is 10.5. The molecule has 0 heterocycles. The Hall–Kier alpha value is -3.75. The van der Waals surface area contributed by atoms with Gasteiger partial charge in [-0.2, -0.15) is 0 Å².